The van der Waals surface area contributed by atoms with E-state index >= 15 is 0 Å². The van der Waals surface area contributed by atoms with Crippen LogP contribution < -0.4 is 10.1 Å². The first kappa shape index (κ1) is 16.1. The zero-order valence-electron chi connectivity index (χ0n) is 13.0. The number of nitrogens with zero attached hydrogens (tertiary/aromatic N) is 1. The summed E-state index contributed by atoms with van der Waals surface area (Å²) in [4.78, 5) is 11.6. The third kappa shape index (κ3) is 3.93. The number of benzene rings is 1. The van der Waals surface area contributed by atoms with Gasteiger partial charge in [-0.25, -0.2) is 0 Å². The topological polar surface area (TPSA) is 64.4 Å². The van der Waals surface area contributed by atoms with Gasteiger partial charge in [0, 0.05) is 29.8 Å². The summed E-state index contributed by atoms with van der Waals surface area (Å²) >= 11 is 3.31. The van der Waals surface area contributed by atoms with Crippen LogP contribution in [0.2, 0.25) is 0 Å². The van der Waals surface area contributed by atoms with Gasteiger partial charge in [-0.3, -0.25) is 4.79 Å². The molecule has 23 heavy (non-hydrogen) atoms. The van der Waals surface area contributed by atoms with Gasteiger partial charge in [0.25, 0.3) is 0 Å². The summed E-state index contributed by atoms with van der Waals surface area (Å²) in [5, 5.41) is 7.70. The van der Waals surface area contributed by atoms with Crippen LogP contribution in [0.1, 0.15) is 31.0 Å². The van der Waals surface area contributed by atoms with E-state index < -0.39 is 0 Å². The molecule has 0 saturated heterocycles. The maximum atomic E-state index is 11.6. The second-order valence-electron chi connectivity index (χ2n) is 5.71. The number of carbonyl (C=O) groups excluding carboxylic acids is 1. The number of alkyl halides is 1. The second-order valence-corrected chi connectivity index (χ2v) is 6.50. The Hall–Kier alpha value is -1.82. The molecule has 0 fully saturated rings. The summed E-state index contributed by atoms with van der Waals surface area (Å²) in [7, 11) is 0. The van der Waals surface area contributed by atoms with Gasteiger partial charge < -0.3 is 14.6 Å². The van der Waals surface area contributed by atoms with Gasteiger partial charge in [-0.1, -0.05) is 21.1 Å². The van der Waals surface area contributed by atoms with Crippen LogP contribution in [0.25, 0.3) is 11.3 Å². The van der Waals surface area contributed by atoms with Gasteiger partial charge in [-0.2, -0.15) is 0 Å². The minimum atomic E-state index is 0.0256. The average molecular weight is 379 g/mol. The third-order valence-corrected chi connectivity index (χ3v) is 4.30. The van der Waals surface area contributed by atoms with E-state index in [-0.39, 0.29) is 12.0 Å². The highest BCUT2D eigenvalue weighted by Gasteiger charge is 2.20. The van der Waals surface area contributed by atoms with Crippen molar-refractivity contribution in [3.05, 3.63) is 35.5 Å². The molecule has 0 bridgehead atoms. The normalized spacial score (nSPS) is 16.0. The number of hydrogen-bond acceptors (Lipinski definition) is 4. The van der Waals surface area contributed by atoms with E-state index in [4.69, 9.17) is 9.26 Å². The Bertz CT molecular complexity index is 699. The fraction of sp³-hybridized carbons (Fsp3) is 0.412. The summed E-state index contributed by atoms with van der Waals surface area (Å²) in [6.45, 7) is 2.44. The van der Waals surface area contributed by atoms with Crippen molar-refractivity contribution >= 4 is 21.8 Å². The van der Waals surface area contributed by atoms with Crippen molar-refractivity contribution in [2.24, 2.45) is 0 Å². The number of fused-ring (bicyclic) bond motifs is 1. The highest BCUT2D eigenvalue weighted by Crippen LogP contribution is 2.33. The fourth-order valence-electron chi connectivity index (χ4n) is 2.61. The van der Waals surface area contributed by atoms with Crippen LogP contribution in [0.5, 0.6) is 5.75 Å². The van der Waals surface area contributed by atoms with Crippen LogP contribution in [0.3, 0.4) is 0 Å². The van der Waals surface area contributed by atoms with Crippen molar-refractivity contribution in [1.82, 2.24) is 10.5 Å². The molecule has 2 aromatic rings. The zero-order valence-corrected chi connectivity index (χ0v) is 14.6. The molecule has 3 rings (SSSR count). The maximum absolute atomic E-state index is 11.6. The molecular formula is C17H19BrN2O3. The highest BCUT2D eigenvalue weighted by molar-refractivity contribution is 9.09. The lowest BCUT2D eigenvalue weighted by Crippen LogP contribution is -2.22. The van der Waals surface area contributed by atoms with Gasteiger partial charge in [0.2, 0.25) is 5.91 Å². The molecule has 1 N–H and O–H groups in total. The van der Waals surface area contributed by atoms with E-state index in [1.54, 1.807) is 0 Å². The molecule has 0 saturated carbocycles. The minimum absolute atomic E-state index is 0.0256. The van der Waals surface area contributed by atoms with Crippen LogP contribution in [0, 0.1) is 0 Å². The maximum Gasteiger partial charge on any atom is 0.220 e. The van der Waals surface area contributed by atoms with E-state index in [1.807, 2.05) is 18.2 Å². The van der Waals surface area contributed by atoms with E-state index in [0.717, 1.165) is 35.2 Å². The molecule has 0 aliphatic carbocycles. The fourth-order valence-corrected chi connectivity index (χ4v) is 2.89. The lowest BCUT2D eigenvalue weighted by Gasteiger charge is -2.02. The number of halogens is 1. The molecule has 122 valence electrons. The van der Waals surface area contributed by atoms with E-state index in [1.165, 1.54) is 5.56 Å². The number of amides is 1. The summed E-state index contributed by atoms with van der Waals surface area (Å²) < 4.78 is 11.1. The van der Waals surface area contributed by atoms with Gasteiger partial charge >= 0.3 is 0 Å². The molecule has 0 radical (unpaired) electrons. The lowest BCUT2D eigenvalue weighted by molar-refractivity contribution is -0.121. The number of carbonyl (C=O) groups is 1. The predicted molar refractivity (Wildman–Crippen MR) is 90.6 cm³/mol. The minimum Gasteiger partial charge on any atom is -0.490 e. The molecule has 0 spiro atoms. The molecule has 1 unspecified atom stereocenters. The van der Waals surface area contributed by atoms with Crippen LogP contribution in [-0.2, 0) is 17.8 Å². The summed E-state index contributed by atoms with van der Waals surface area (Å²) in [6.07, 6.45) is 2.47. The summed E-state index contributed by atoms with van der Waals surface area (Å²) in [5.41, 5.74) is 2.89. The Morgan fingerprint density at radius 2 is 2.30 bits per heavy atom. The highest BCUT2D eigenvalue weighted by atomic mass is 79.9. The first-order valence-electron chi connectivity index (χ1n) is 7.74. The Morgan fingerprint density at radius 1 is 1.43 bits per heavy atom. The first-order chi connectivity index (χ1) is 11.2. The van der Waals surface area contributed by atoms with E-state index in [0.29, 0.717) is 18.7 Å². The number of rotatable bonds is 6. The standard InChI is InChI=1S/C17H19BrN2O3/c1-11-7-13-8-12(4-5-15(13)22-11)16-9-14(20-23-16)10-19-17(21)3-2-6-18/h4-5,8-9,11H,2-3,6-7,10H2,1H3,(H,19,21). The van der Waals surface area contributed by atoms with Crippen LogP contribution in [0.15, 0.2) is 28.8 Å². The van der Waals surface area contributed by atoms with Gasteiger partial charge in [0.15, 0.2) is 5.76 Å². The number of nitrogens with one attached hydrogen (secondary N) is 1. The predicted octanol–water partition coefficient (Wildman–Crippen LogP) is 3.46. The average Bonchev–Trinajstić information content (AvgIpc) is 3.15. The van der Waals surface area contributed by atoms with Crippen LogP contribution >= 0.6 is 15.9 Å². The number of ether oxygens (including phenoxy) is 1. The Balaban J connectivity index is 1.63. The third-order valence-electron chi connectivity index (χ3n) is 3.74. The molecule has 6 heteroatoms. The van der Waals surface area contributed by atoms with Crippen molar-refractivity contribution < 1.29 is 14.1 Å². The smallest absolute Gasteiger partial charge is 0.220 e. The van der Waals surface area contributed by atoms with E-state index in [9.17, 15) is 4.79 Å². The van der Waals surface area contributed by atoms with Gasteiger partial charge in [-0.15, -0.1) is 0 Å². The van der Waals surface area contributed by atoms with Crippen molar-refractivity contribution in [3.8, 4) is 17.1 Å². The molecule has 1 aromatic heterocycles. The lowest BCUT2D eigenvalue weighted by atomic mass is 10.1. The Kier molecular flexibility index (Phi) is 5.00. The van der Waals surface area contributed by atoms with E-state index in [2.05, 4.69) is 39.4 Å². The quantitative estimate of drug-likeness (QED) is 0.781. The SMILES string of the molecule is CC1Cc2cc(-c3cc(CNC(=O)CCCBr)no3)ccc2O1. The van der Waals surface area contributed by atoms with Crippen molar-refractivity contribution in [2.45, 2.75) is 38.8 Å². The molecule has 1 amide bonds. The first-order valence-corrected chi connectivity index (χ1v) is 8.86. The zero-order chi connectivity index (χ0) is 16.2. The number of hydrogen-bond donors (Lipinski definition) is 1. The molecule has 5 nitrogen and oxygen atoms in total. The molecular weight excluding hydrogens is 360 g/mol. The van der Waals surface area contributed by atoms with Crippen molar-refractivity contribution in [1.29, 1.82) is 0 Å². The second kappa shape index (κ2) is 7.17. The molecule has 2 heterocycles. The molecule has 1 aromatic carbocycles. The Morgan fingerprint density at radius 3 is 3.13 bits per heavy atom. The van der Waals surface area contributed by atoms with Gasteiger partial charge in [0.1, 0.15) is 17.5 Å². The molecule has 1 aliphatic rings. The van der Waals surface area contributed by atoms with Crippen molar-refractivity contribution in [2.75, 3.05) is 5.33 Å². The van der Waals surface area contributed by atoms with Gasteiger partial charge in [-0.05, 0) is 37.1 Å². The summed E-state index contributed by atoms with van der Waals surface area (Å²) in [6, 6.07) is 7.89. The largest absolute Gasteiger partial charge is 0.490 e. The van der Waals surface area contributed by atoms with Gasteiger partial charge in [0.05, 0.1) is 6.54 Å². The monoisotopic (exact) mass is 378 g/mol. The van der Waals surface area contributed by atoms with Crippen molar-refractivity contribution in [3.63, 3.8) is 0 Å². The Labute approximate surface area is 143 Å². The molecule has 1 atom stereocenters. The van der Waals surface area contributed by atoms with Crippen LogP contribution in [-0.4, -0.2) is 22.5 Å². The number of aromatic nitrogens is 1. The summed E-state index contributed by atoms with van der Waals surface area (Å²) in [5.74, 6) is 1.68. The van der Waals surface area contributed by atoms with Crippen LogP contribution in [0.4, 0.5) is 0 Å². The molecule has 1 aliphatic heterocycles.